The second-order valence-electron chi connectivity index (χ2n) is 4.11. The Balaban J connectivity index is 2.21. The van der Waals surface area contributed by atoms with Gasteiger partial charge in [-0.25, -0.2) is 4.79 Å². The zero-order chi connectivity index (χ0) is 10.4. The molecule has 1 rings (SSSR count). The fourth-order valence-electron chi connectivity index (χ4n) is 1.84. The summed E-state index contributed by atoms with van der Waals surface area (Å²) in [5, 5.41) is 0. The first kappa shape index (κ1) is 11.3. The summed E-state index contributed by atoms with van der Waals surface area (Å²) in [6.45, 7) is 5.00. The predicted octanol–water partition coefficient (Wildman–Crippen LogP) is 2.32. The van der Waals surface area contributed by atoms with E-state index >= 15 is 0 Å². The lowest BCUT2D eigenvalue weighted by atomic mass is 10.2. The van der Waals surface area contributed by atoms with E-state index in [-0.39, 0.29) is 6.03 Å². The Hall–Kier alpha value is -0.730. The van der Waals surface area contributed by atoms with Gasteiger partial charge in [0.2, 0.25) is 0 Å². The minimum absolute atomic E-state index is 0.221. The van der Waals surface area contributed by atoms with Crippen molar-refractivity contribution in [1.82, 2.24) is 9.80 Å². The average molecular weight is 198 g/mol. The second-order valence-corrected chi connectivity index (χ2v) is 4.11. The highest BCUT2D eigenvalue weighted by Crippen LogP contribution is 2.10. The Labute approximate surface area is 87.1 Å². The number of rotatable bonds is 4. The molecule has 1 fully saturated rings. The zero-order valence-electron chi connectivity index (χ0n) is 9.46. The first-order chi connectivity index (χ1) is 6.75. The maximum atomic E-state index is 11.8. The summed E-state index contributed by atoms with van der Waals surface area (Å²) < 4.78 is 0. The van der Waals surface area contributed by atoms with Gasteiger partial charge in [-0.05, 0) is 19.3 Å². The topological polar surface area (TPSA) is 23.6 Å². The molecule has 82 valence electrons. The van der Waals surface area contributed by atoms with Crippen LogP contribution in [0, 0.1) is 0 Å². The van der Waals surface area contributed by atoms with E-state index in [1.807, 2.05) is 16.8 Å². The molecule has 1 heterocycles. The summed E-state index contributed by atoms with van der Waals surface area (Å²) in [7, 11) is 1.91. The van der Waals surface area contributed by atoms with Crippen LogP contribution in [0.15, 0.2) is 0 Å². The van der Waals surface area contributed by atoms with E-state index in [1.54, 1.807) is 0 Å². The van der Waals surface area contributed by atoms with Gasteiger partial charge in [-0.2, -0.15) is 0 Å². The van der Waals surface area contributed by atoms with E-state index in [0.717, 1.165) is 26.1 Å². The Morgan fingerprint density at radius 1 is 1.29 bits per heavy atom. The van der Waals surface area contributed by atoms with Crippen molar-refractivity contribution in [2.24, 2.45) is 0 Å². The third-order valence-electron chi connectivity index (χ3n) is 2.80. The Morgan fingerprint density at radius 2 is 1.93 bits per heavy atom. The number of hydrogen-bond donors (Lipinski definition) is 0. The molecule has 14 heavy (non-hydrogen) atoms. The number of nitrogens with zero attached hydrogens (tertiary/aromatic N) is 2. The lowest BCUT2D eigenvalue weighted by molar-refractivity contribution is 0.172. The van der Waals surface area contributed by atoms with E-state index < -0.39 is 0 Å². The lowest BCUT2D eigenvalue weighted by Crippen LogP contribution is -2.39. The fraction of sp³-hybridized carbons (Fsp3) is 0.909. The molecule has 1 aliphatic rings. The van der Waals surface area contributed by atoms with Crippen molar-refractivity contribution in [3.8, 4) is 0 Å². The molecule has 0 radical (unpaired) electrons. The van der Waals surface area contributed by atoms with Crippen LogP contribution in [-0.2, 0) is 0 Å². The van der Waals surface area contributed by atoms with E-state index in [0.29, 0.717) is 0 Å². The molecule has 3 heteroatoms. The van der Waals surface area contributed by atoms with Crippen LogP contribution in [0.2, 0.25) is 0 Å². The maximum Gasteiger partial charge on any atom is 0.319 e. The predicted molar refractivity (Wildman–Crippen MR) is 58.4 cm³/mol. The molecule has 0 spiro atoms. The third kappa shape index (κ3) is 3.20. The number of carbonyl (C=O) groups excluding carboxylic acids is 1. The summed E-state index contributed by atoms with van der Waals surface area (Å²) in [5.74, 6) is 0. The smallest absolute Gasteiger partial charge is 0.319 e. The number of unbranched alkanes of at least 4 members (excludes halogenated alkanes) is 2. The van der Waals surface area contributed by atoms with Gasteiger partial charge in [-0.15, -0.1) is 0 Å². The van der Waals surface area contributed by atoms with E-state index in [9.17, 15) is 4.79 Å². The summed E-state index contributed by atoms with van der Waals surface area (Å²) >= 11 is 0. The van der Waals surface area contributed by atoms with Crippen molar-refractivity contribution in [2.45, 2.75) is 39.0 Å². The van der Waals surface area contributed by atoms with Gasteiger partial charge in [-0.1, -0.05) is 19.8 Å². The van der Waals surface area contributed by atoms with E-state index in [4.69, 9.17) is 0 Å². The molecule has 1 aliphatic heterocycles. The van der Waals surface area contributed by atoms with Crippen LogP contribution >= 0.6 is 0 Å². The van der Waals surface area contributed by atoms with Crippen molar-refractivity contribution in [3.63, 3.8) is 0 Å². The second kappa shape index (κ2) is 5.89. The first-order valence-electron chi connectivity index (χ1n) is 5.75. The van der Waals surface area contributed by atoms with E-state index in [2.05, 4.69) is 6.92 Å². The standard InChI is InChI=1S/C11H22N2O/c1-3-4-5-8-12(2)11(14)13-9-6-7-10-13/h3-10H2,1-2H3. The molecule has 2 amide bonds. The van der Waals surface area contributed by atoms with Crippen molar-refractivity contribution >= 4 is 6.03 Å². The number of likely N-dealkylation sites (tertiary alicyclic amines) is 1. The molecule has 0 bridgehead atoms. The quantitative estimate of drug-likeness (QED) is 0.636. The molecule has 0 aliphatic carbocycles. The van der Waals surface area contributed by atoms with Gasteiger partial charge in [0, 0.05) is 26.7 Å². The van der Waals surface area contributed by atoms with E-state index in [1.165, 1.54) is 25.7 Å². The van der Waals surface area contributed by atoms with Crippen molar-refractivity contribution in [3.05, 3.63) is 0 Å². The van der Waals surface area contributed by atoms with Gasteiger partial charge in [0.15, 0.2) is 0 Å². The van der Waals surface area contributed by atoms with Crippen LogP contribution in [0.1, 0.15) is 39.0 Å². The van der Waals surface area contributed by atoms with Crippen molar-refractivity contribution in [2.75, 3.05) is 26.7 Å². The third-order valence-corrected chi connectivity index (χ3v) is 2.80. The van der Waals surface area contributed by atoms with Gasteiger partial charge in [0.25, 0.3) is 0 Å². The molecule has 3 nitrogen and oxygen atoms in total. The van der Waals surface area contributed by atoms with Crippen LogP contribution in [-0.4, -0.2) is 42.5 Å². The monoisotopic (exact) mass is 198 g/mol. The molecular formula is C11H22N2O. The SMILES string of the molecule is CCCCCN(C)C(=O)N1CCCC1. The molecule has 0 aromatic rings. The molecule has 1 saturated heterocycles. The normalized spacial score (nSPS) is 16.0. The van der Waals surface area contributed by atoms with Crippen LogP contribution in [0.5, 0.6) is 0 Å². The lowest BCUT2D eigenvalue weighted by Gasteiger charge is -2.24. The Morgan fingerprint density at radius 3 is 2.50 bits per heavy atom. The highest BCUT2D eigenvalue weighted by atomic mass is 16.2. The molecule has 0 N–H and O–H groups in total. The largest absolute Gasteiger partial charge is 0.328 e. The van der Waals surface area contributed by atoms with Gasteiger partial charge in [0.05, 0.1) is 0 Å². The number of hydrogen-bond acceptors (Lipinski definition) is 1. The molecular weight excluding hydrogens is 176 g/mol. The highest BCUT2D eigenvalue weighted by molar-refractivity contribution is 5.74. The van der Waals surface area contributed by atoms with Crippen LogP contribution in [0.25, 0.3) is 0 Å². The van der Waals surface area contributed by atoms with Crippen molar-refractivity contribution < 1.29 is 4.79 Å². The molecule has 0 atom stereocenters. The highest BCUT2D eigenvalue weighted by Gasteiger charge is 2.20. The number of urea groups is 1. The summed E-state index contributed by atoms with van der Waals surface area (Å²) in [5.41, 5.74) is 0. The van der Waals surface area contributed by atoms with Gasteiger partial charge >= 0.3 is 6.03 Å². The van der Waals surface area contributed by atoms with Crippen LogP contribution < -0.4 is 0 Å². The fourth-order valence-corrected chi connectivity index (χ4v) is 1.84. The first-order valence-corrected chi connectivity index (χ1v) is 5.75. The molecule has 0 saturated carbocycles. The summed E-state index contributed by atoms with van der Waals surface area (Å²) in [6.07, 6.45) is 5.92. The summed E-state index contributed by atoms with van der Waals surface area (Å²) in [4.78, 5) is 15.6. The van der Waals surface area contributed by atoms with Crippen molar-refractivity contribution in [1.29, 1.82) is 0 Å². The summed E-state index contributed by atoms with van der Waals surface area (Å²) in [6, 6.07) is 0.221. The minimum atomic E-state index is 0.221. The van der Waals surface area contributed by atoms with Gasteiger partial charge < -0.3 is 9.80 Å². The zero-order valence-corrected chi connectivity index (χ0v) is 9.46. The van der Waals surface area contributed by atoms with Crippen LogP contribution in [0.4, 0.5) is 4.79 Å². The molecule has 0 aromatic heterocycles. The Kier molecular flexibility index (Phi) is 4.77. The molecule has 0 aromatic carbocycles. The number of amides is 2. The Bertz CT molecular complexity index is 176. The minimum Gasteiger partial charge on any atom is -0.328 e. The maximum absolute atomic E-state index is 11.8. The van der Waals surface area contributed by atoms with Gasteiger partial charge in [0.1, 0.15) is 0 Å². The molecule has 0 unspecified atom stereocenters. The average Bonchev–Trinajstić information content (AvgIpc) is 2.69. The van der Waals surface area contributed by atoms with Gasteiger partial charge in [-0.3, -0.25) is 0 Å². The number of carbonyl (C=O) groups is 1. The van der Waals surface area contributed by atoms with Crippen LogP contribution in [0.3, 0.4) is 0 Å².